The van der Waals surface area contributed by atoms with E-state index in [0.717, 1.165) is 9.87 Å². The number of halogens is 2. The lowest BCUT2D eigenvalue weighted by atomic mass is 10.2. The van der Waals surface area contributed by atoms with Gasteiger partial charge in [0, 0.05) is 10.7 Å². The first-order chi connectivity index (χ1) is 14.7. The third-order valence-corrected chi connectivity index (χ3v) is 6.99. The van der Waals surface area contributed by atoms with Crippen molar-refractivity contribution in [1.82, 2.24) is 0 Å². The van der Waals surface area contributed by atoms with E-state index in [1.165, 1.54) is 31.4 Å². The van der Waals surface area contributed by atoms with E-state index in [4.69, 9.17) is 27.9 Å². The highest BCUT2D eigenvalue weighted by molar-refractivity contribution is 7.92. The number of benzene rings is 3. The minimum atomic E-state index is -4.02. The van der Waals surface area contributed by atoms with E-state index in [1.54, 1.807) is 42.5 Å². The van der Waals surface area contributed by atoms with Crippen molar-refractivity contribution in [1.29, 1.82) is 0 Å². The fourth-order valence-electron chi connectivity index (χ4n) is 2.85. The van der Waals surface area contributed by atoms with Crippen molar-refractivity contribution in [3.05, 3.63) is 82.3 Å². The first-order valence-electron chi connectivity index (χ1n) is 9.19. The lowest BCUT2D eigenvalue weighted by Crippen LogP contribution is -2.38. The Balaban J connectivity index is 1.94. The van der Waals surface area contributed by atoms with Gasteiger partial charge in [0.25, 0.3) is 10.0 Å². The molecule has 0 atom stereocenters. The van der Waals surface area contributed by atoms with Crippen molar-refractivity contribution < 1.29 is 17.9 Å². The molecule has 3 aromatic carbocycles. The number of aryl methyl sites for hydroxylation is 1. The maximum atomic E-state index is 13.3. The Morgan fingerprint density at radius 3 is 2.32 bits per heavy atom. The lowest BCUT2D eigenvalue weighted by Gasteiger charge is -2.24. The van der Waals surface area contributed by atoms with Crippen molar-refractivity contribution in [3.63, 3.8) is 0 Å². The molecule has 31 heavy (non-hydrogen) atoms. The molecule has 3 rings (SSSR count). The molecule has 0 saturated heterocycles. The maximum absolute atomic E-state index is 13.3. The van der Waals surface area contributed by atoms with Crippen LogP contribution in [0, 0.1) is 6.92 Å². The largest absolute Gasteiger partial charge is 0.495 e. The number of anilines is 2. The van der Waals surface area contributed by atoms with E-state index < -0.39 is 22.5 Å². The highest BCUT2D eigenvalue weighted by atomic mass is 35.5. The van der Waals surface area contributed by atoms with Crippen LogP contribution >= 0.6 is 23.2 Å². The number of sulfonamides is 1. The standard InChI is InChI=1S/C22H20Cl2N2O4S/c1-15-8-10-17(13-19(15)23)26(31(28,29)18-6-4-3-5-7-18)14-22(27)25-16-9-11-21(30-2)20(24)12-16/h3-13H,14H2,1-2H3,(H,25,27). The topological polar surface area (TPSA) is 75.7 Å². The van der Waals surface area contributed by atoms with Crippen LogP contribution in [0.15, 0.2) is 71.6 Å². The predicted octanol–water partition coefficient (Wildman–Crippen LogP) is 5.14. The van der Waals surface area contributed by atoms with E-state index >= 15 is 0 Å². The molecule has 0 aromatic heterocycles. The van der Waals surface area contributed by atoms with Gasteiger partial charge in [0.15, 0.2) is 0 Å². The molecule has 0 radical (unpaired) electrons. The third-order valence-electron chi connectivity index (χ3n) is 4.50. The van der Waals surface area contributed by atoms with Crippen LogP contribution in [0.3, 0.4) is 0 Å². The zero-order valence-electron chi connectivity index (χ0n) is 16.8. The van der Waals surface area contributed by atoms with Gasteiger partial charge in [-0.05, 0) is 55.0 Å². The molecule has 0 unspecified atom stereocenters. The molecule has 0 bridgehead atoms. The van der Waals surface area contributed by atoms with Gasteiger partial charge in [-0.3, -0.25) is 9.10 Å². The quantitative estimate of drug-likeness (QED) is 0.509. The van der Waals surface area contributed by atoms with Gasteiger partial charge in [-0.15, -0.1) is 0 Å². The summed E-state index contributed by atoms with van der Waals surface area (Å²) in [6, 6.07) is 17.5. The van der Waals surface area contributed by atoms with Gasteiger partial charge in [0.1, 0.15) is 12.3 Å². The fourth-order valence-corrected chi connectivity index (χ4v) is 4.71. The Morgan fingerprint density at radius 1 is 1.00 bits per heavy atom. The zero-order valence-corrected chi connectivity index (χ0v) is 19.1. The molecule has 0 fully saturated rings. The number of nitrogens with zero attached hydrogens (tertiary/aromatic N) is 1. The predicted molar refractivity (Wildman–Crippen MR) is 124 cm³/mol. The number of methoxy groups -OCH3 is 1. The first kappa shape index (κ1) is 22.9. The molecule has 1 N–H and O–H groups in total. The van der Waals surface area contributed by atoms with Gasteiger partial charge in [0.05, 0.1) is 22.7 Å². The minimum absolute atomic E-state index is 0.0620. The number of nitrogens with one attached hydrogen (secondary N) is 1. The first-order valence-corrected chi connectivity index (χ1v) is 11.4. The van der Waals surface area contributed by atoms with E-state index in [9.17, 15) is 13.2 Å². The molecule has 0 saturated carbocycles. The summed E-state index contributed by atoms with van der Waals surface area (Å²) in [5, 5.41) is 3.38. The van der Waals surface area contributed by atoms with Crippen LogP contribution in [-0.4, -0.2) is 28.0 Å². The summed E-state index contributed by atoms with van der Waals surface area (Å²) in [5.41, 5.74) is 1.48. The van der Waals surface area contributed by atoms with Crippen molar-refractivity contribution in [2.24, 2.45) is 0 Å². The van der Waals surface area contributed by atoms with Crippen LogP contribution < -0.4 is 14.4 Å². The third kappa shape index (κ3) is 5.31. The van der Waals surface area contributed by atoms with Crippen LogP contribution in [0.5, 0.6) is 5.75 Å². The molecule has 3 aromatic rings. The number of hydrogen-bond donors (Lipinski definition) is 1. The van der Waals surface area contributed by atoms with Crippen LogP contribution in [0.4, 0.5) is 11.4 Å². The fraction of sp³-hybridized carbons (Fsp3) is 0.136. The number of rotatable bonds is 7. The summed E-state index contributed by atoms with van der Waals surface area (Å²) in [6.45, 7) is 1.35. The Hall–Kier alpha value is -2.74. The van der Waals surface area contributed by atoms with Crippen molar-refractivity contribution in [3.8, 4) is 5.75 Å². The van der Waals surface area contributed by atoms with E-state index in [2.05, 4.69) is 5.32 Å². The molecule has 0 aliphatic carbocycles. The number of ether oxygens (including phenoxy) is 1. The molecule has 0 heterocycles. The van der Waals surface area contributed by atoms with Gasteiger partial charge in [0.2, 0.25) is 5.91 Å². The second-order valence-electron chi connectivity index (χ2n) is 6.66. The molecule has 0 aliphatic rings. The average molecular weight is 479 g/mol. The van der Waals surface area contributed by atoms with Gasteiger partial charge >= 0.3 is 0 Å². The van der Waals surface area contributed by atoms with Gasteiger partial charge in [-0.25, -0.2) is 8.42 Å². The van der Waals surface area contributed by atoms with Gasteiger partial charge < -0.3 is 10.1 Å². The molecule has 6 nitrogen and oxygen atoms in total. The van der Waals surface area contributed by atoms with E-state index in [0.29, 0.717) is 21.5 Å². The van der Waals surface area contributed by atoms with Crippen LogP contribution in [-0.2, 0) is 14.8 Å². The Morgan fingerprint density at radius 2 is 1.71 bits per heavy atom. The summed E-state index contributed by atoms with van der Waals surface area (Å²) in [4.78, 5) is 12.8. The molecule has 9 heteroatoms. The number of carbonyl (C=O) groups excluding carboxylic acids is 1. The monoisotopic (exact) mass is 478 g/mol. The summed E-state index contributed by atoms with van der Waals surface area (Å²) < 4.78 is 32.8. The SMILES string of the molecule is COc1ccc(NC(=O)CN(c2ccc(C)c(Cl)c2)S(=O)(=O)c2ccccc2)cc1Cl. The van der Waals surface area contributed by atoms with Crippen molar-refractivity contribution >= 4 is 50.5 Å². The van der Waals surface area contributed by atoms with E-state index in [1.807, 2.05) is 6.92 Å². The summed E-state index contributed by atoms with van der Waals surface area (Å²) in [7, 11) is -2.54. The average Bonchev–Trinajstić information content (AvgIpc) is 2.75. The molecular weight excluding hydrogens is 459 g/mol. The number of hydrogen-bond acceptors (Lipinski definition) is 4. The number of amides is 1. The van der Waals surface area contributed by atoms with Crippen LogP contribution in [0.1, 0.15) is 5.56 Å². The summed E-state index contributed by atoms with van der Waals surface area (Å²) in [6.07, 6.45) is 0. The summed E-state index contributed by atoms with van der Waals surface area (Å²) in [5.74, 6) is -0.0836. The maximum Gasteiger partial charge on any atom is 0.264 e. The highest BCUT2D eigenvalue weighted by Gasteiger charge is 2.27. The van der Waals surface area contributed by atoms with E-state index in [-0.39, 0.29) is 10.6 Å². The van der Waals surface area contributed by atoms with Gasteiger partial charge in [-0.2, -0.15) is 0 Å². The molecule has 0 spiro atoms. The van der Waals surface area contributed by atoms with Crippen molar-refractivity contribution in [2.75, 3.05) is 23.3 Å². The Labute approximate surface area is 191 Å². The zero-order chi connectivity index (χ0) is 22.6. The second-order valence-corrected chi connectivity index (χ2v) is 9.33. The van der Waals surface area contributed by atoms with Crippen LogP contribution in [0.25, 0.3) is 0 Å². The molecular formula is C22H20Cl2N2O4S. The van der Waals surface area contributed by atoms with Crippen molar-refractivity contribution in [2.45, 2.75) is 11.8 Å². The molecule has 1 amide bonds. The summed E-state index contributed by atoms with van der Waals surface area (Å²) >= 11 is 12.3. The second kappa shape index (κ2) is 9.60. The molecule has 162 valence electrons. The normalized spacial score (nSPS) is 11.1. The Bertz CT molecular complexity index is 1200. The highest BCUT2D eigenvalue weighted by Crippen LogP contribution is 2.29. The molecule has 0 aliphatic heterocycles. The van der Waals surface area contributed by atoms with Crippen LogP contribution in [0.2, 0.25) is 10.0 Å². The lowest BCUT2D eigenvalue weighted by molar-refractivity contribution is -0.114. The van der Waals surface area contributed by atoms with Gasteiger partial charge in [-0.1, -0.05) is 47.5 Å². The minimum Gasteiger partial charge on any atom is -0.495 e. The number of carbonyl (C=O) groups is 1. The Kier molecular flexibility index (Phi) is 7.10. The smallest absolute Gasteiger partial charge is 0.264 e.